The van der Waals surface area contributed by atoms with Gasteiger partial charge in [-0.25, -0.2) is 0 Å². The van der Waals surface area contributed by atoms with Crippen molar-refractivity contribution in [1.29, 1.82) is 0 Å². The molecule has 0 aliphatic carbocycles. The van der Waals surface area contributed by atoms with Crippen LogP contribution in [0.5, 0.6) is 5.75 Å². The molecule has 0 spiro atoms. The molecule has 0 amide bonds. The van der Waals surface area contributed by atoms with Crippen LogP contribution >= 0.6 is 0 Å². The van der Waals surface area contributed by atoms with Gasteiger partial charge in [0.1, 0.15) is 5.75 Å². The molecule has 0 saturated heterocycles. The first-order chi connectivity index (χ1) is 8.55. The maximum absolute atomic E-state index is 5.75. The van der Waals surface area contributed by atoms with E-state index < -0.39 is 0 Å². The summed E-state index contributed by atoms with van der Waals surface area (Å²) in [5.74, 6) is 6.52. The average Bonchev–Trinajstić information content (AvgIpc) is 2.30. The van der Waals surface area contributed by atoms with E-state index in [9.17, 15) is 0 Å². The summed E-state index contributed by atoms with van der Waals surface area (Å²) in [6, 6.07) is 7.83. The summed E-state index contributed by atoms with van der Waals surface area (Å²) >= 11 is 0. The van der Waals surface area contributed by atoms with Crippen molar-refractivity contribution in [3.63, 3.8) is 0 Å². The molecule has 4 heteroatoms. The van der Waals surface area contributed by atoms with Gasteiger partial charge in [0.15, 0.2) is 0 Å². The first kappa shape index (κ1) is 15.0. The fourth-order valence-corrected chi connectivity index (χ4v) is 2.10. The SMILES string of the molecule is CCOc1cccc(C(NN)C(C)(C)OCC)c1. The van der Waals surface area contributed by atoms with Crippen molar-refractivity contribution in [3.05, 3.63) is 29.8 Å². The minimum Gasteiger partial charge on any atom is -0.494 e. The molecule has 1 unspecified atom stereocenters. The van der Waals surface area contributed by atoms with Crippen LogP contribution in [0, 0.1) is 0 Å². The molecule has 0 radical (unpaired) electrons. The number of hydrogen-bond donors (Lipinski definition) is 2. The smallest absolute Gasteiger partial charge is 0.119 e. The Hall–Kier alpha value is -1.10. The zero-order valence-electron chi connectivity index (χ0n) is 11.7. The van der Waals surface area contributed by atoms with Crippen LogP contribution in [0.1, 0.15) is 39.3 Å². The fraction of sp³-hybridized carbons (Fsp3) is 0.571. The fourth-order valence-electron chi connectivity index (χ4n) is 2.10. The van der Waals surface area contributed by atoms with Crippen LogP contribution < -0.4 is 16.0 Å². The van der Waals surface area contributed by atoms with E-state index in [0.717, 1.165) is 11.3 Å². The highest BCUT2D eigenvalue weighted by Crippen LogP contribution is 2.30. The molecule has 4 nitrogen and oxygen atoms in total. The van der Waals surface area contributed by atoms with Crippen LogP contribution in [0.4, 0.5) is 0 Å². The van der Waals surface area contributed by atoms with E-state index in [4.69, 9.17) is 15.3 Å². The van der Waals surface area contributed by atoms with Crippen molar-refractivity contribution in [1.82, 2.24) is 5.43 Å². The van der Waals surface area contributed by atoms with E-state index in [0.29, 0.717) is 13.2 Å². The number of benzene rings is 1. The molecule has 1 atom stereocenters. The molecule has 0 heterocycles. The van der Waals surface area contributed by atoms with Crippen LogP contribution in [0.3, 0.4) is 0 Å². The van der Waals surface area contributed by atoms with Gasteiger partial charge >= 0.3 is 0 Å². The molecule has 0 saturated carbocycles. The molecular weight excluding hydrogens is 228 g/mol. The van der Waals surface area contributed by atoms with Gasteiger partial charge in [-0.05, 0) is 45.4 Å². The Balaban J connectivity index is 2.97. The van der Waals surface area contributed by atoms with Crippen LogP contribution in [0.15, 0.2) is 24.3 Å². The van der Waals surface area contributed by atoms with Crippen LogP contribution in [-0.4, -0.2) is 18.8 Å². The first-order valence-corrected chi connectivity index (χ1v) is 6.38. The first-order valence-electron chi connectivity index (χ1n) is 6.38. The summed E-state index contributed by atoms with van der Waals surface area (Å²) in [5.41, 5.74) is 3.51. The molecule has 1 aromatic carbocycles. The normalized spacial score (nSPS) is 13.4. The summed E-state index contributed by atoms with van der Waals surface area (Å²) < 4.78 is 11.3. The topological polar surface area (TPSA) is 56.5 Å². The van der Waals surface area contributed by atoms with Crippen LogP contribution in [-0.2, 0) is 4.74 Å². The van der Waals surface area contributed by atoms with E-state index in [1.165, 1.54) is 0 Å². The third kappa shape index (κ3) is 3.70. The lowest BCUT2D eigenvalue weighted by Gasteiger charge is -2.34. The summed E-state index contributed by atoms with van der Waals surface area (Å²) in [6.45, 7) is 9.29. The average molecular weight is 252 g/mol. The molecule has 18 heavy (non-hydrogen) atoms. The molecule has 1 aromatic rings. The van der Waals surface area contributed by atoms with Gasteiger partial charge in [0.25, 0.3) is 0 Å². The largest absolute Gasteiger partial charge is 0.494 e. The second-order valence-corrected chi connectivity index (χ2v) is 4.64. The third-order valence-corrected chi connectivity index (χ3v) is 2.88. The Kier molecular flexibility index (Phi) is 5.59. The van der Waals surface area contributed by atoms with Gasteiger partial charge in [0.2, 0.25) is 0 Å². The van der Waals surface area contributed by atoms with E-state index in [-0.39, 0.29) is 11.6 Å². The van der Waals surface area contributed by atoms with Crippen molar-refractivity contribution in [2.24, 2.45) is 5.84 Å². The van der Waals surface area contributed by atoms with Gasteiger partial charge < -0.3 is 9.47 Å². The molecule has 3 N–H and O–H groups in total. The lowest BCUT2D eigenvalue weighted by Crippen LogP contribution is -2.44. The highest BCUT2D eigenvalue weighted by atomic mass is 16.5. The monoisotopic (exact) mass is 252 g/mol. The molecule has 0 aliphatic rings. The maximum atomic E-state index is 5.75. The molecule has 1 rings (SSSR count). The maximum Gasteiger partial charge on any atom is 0.119 e. The molecular formula is C14H24N2O2. The predicted octanol–water partition coefficient (Wildman–Crippen LogP) is 2.40. The van der Waals surface area contributed by atoms with Gasteiger partial charge in [-0.15, -0.1) is 0 Å². The van der Waals surface area contributed by atoms with Gasteiger partial charge in [0.05, 0.1) is 18.2 Å². The number of rotatable bonds is 7. The summed E-state index contributed by atoms with van der Waals surface area (Å²) in [7, 11) is 0. The van der Waals surface area contributed by atoms with Crippen molar-refractivity contribution < 1.29 is 9.47 Å². The predicted molar refractivity (Wildman–Crippen MR) is 73.4 cm³/mol. The number of hydrogen-bond acceptors (Lipinski definition) is 4. The van der Waals surface area contributed by atoms with Crippen LogP contribution in [0.2, 0.25) is 0 Å². The third-order valence-electron chi connectivity index (χ3n) is 2.88. The van der Waals surface area contributed by atoms with E-state index >= 15 is 0 Å². The Morgan fingerprint density at radius 1 is 1.28 bits per heavy atom. The lowest BCUT2D eigenvalue weighted by molar-refractivity contribution is -0.0393. The van der Waals surface area contributed by atoms with Gasteiger partial charge in [-0.1, -0.05) is 12.1 Å². The highest BCUT2D eigenvalue weighted by Gasteiger charge is 2.30. The Morgan fingerprint density at radius 2 is 2.00 bits per heavy atom. The van der Waals surface area contributed by atoms with Crippen LogP contribution in [0.25, 0.3) is 0 Å². The minimum atomic E-state index is -0.381. The number of nitrogens with two attached hydrogens (primary N) is 1. The number of hydrazine groups is 1. The quantitative estimate of drug-likeness (QED) is 0.578. The Morgan fingerprint density at radius 3 is 2.56 bits per heavy atom. The lowest BCUT2D eigenvalue weighted by atomic mass is 9.92. The zero-order valence-corrected chi connectivity index (χ0v) is 11.7. The van der Waals surface area contributed by atoms with Gasteiger partial charge in [-0.3, -0.25) is 11.3 Å². The van der Waals surface area contributed by atoms with Gasteiger partial charge in [0, 0.05) is 6.61 Å². The van der Waals surface area contributed by atoms with E-state index in [1.807, 2.05) is 52.0 Å². The molecule has 0 fully saturated rings. The summed E-state index contributed by atoms with van der Waals surface area (Å²) in [4.78, 5) is 0. The standard InChI is InChI=1S/C14H24N2O2/c1-5-17-12-9-7-8-11(10-12)13(16-15)14(3,4)18-6-2/h7-10,13,16H,5-6,15H2,1-4H3. The molecule has 0 bridgehead atoms. The molecule has 0 aliphatic heterocycles. The van der Waals surface area contributed by atoms with Gasteiger partial charge in [-0.2, -0.15) is 0 Å². The van der Waals surface area contributed by atoms with Crippen molar-refractivity contribution in [2.75, 3.05) is 13.2 Å². The molecule has 0 aromatic heterocycles. The van der Waals surface area contributed by atoms with Crippen molar-refractivity contribution in [2.45, 2.75) is 39.3 Å². The molecule has 102 valence electrons. The highest BCUT2D eigenvalue weighted by molar-refractivity contribution is 5.31. The number of ether oxygens (including phenoxy) is 2. The van der Waals surface area contributed by atoms with E-state index in [1.54, 1.807) is 0 Å². The second kappa shape index (κ2) is 6.73. The second-order valence-electron chi connectivity index (χ2n) is 4.64. The Bertz CT molecular complexity index is 367. The zero-order chi connectivity index (χ0) is 13.6. The van der Waals surface area contributed by atoms with Crippen molar-refractivity contribution in [3.8, 4) is 5.75 Å². The minimum absolute atomic E-state index is 0.0853. The Labute approximate surface area is 109 Å². The summed E-state index contributed by atoms with van der Waals surface area (Å²) in [6.07, 6.45) is 0. The summed E-state index contributed by atoms with van der Waals surface area (Å²) in [5, 5.41) is 0. The van der Waals surface area contributed by atoms with E-state index in [2.05, 4.69) is 5.43 Å². The number of nitrogens with one attached hydrogen (secondary N) is 1. The van der Waals surface area contributed by atoms with Crippen molar-refractivity contribution >= 4 is 0 Å².